The van der Waals surface area contributed by atoms with Crippen molar-refractivity contribution in [3.8, 4) is 0 Å². The van der Waals surface area contributed by atoms with Gasteiger partial charge in [0.1, 0.15) is 0 Å². The number of aliphatic hydroxyl groups excluding tert-OH is 1. The summed E-state index contributed by atoms with van der Waals surface area (Å²) in [7, 11) is 1.28. The maximum absolute atomic E-state index is 10.3. The fourth-order valence-electron chi connectivity index (χ4n) is 0.303. The molecule has 4 nitrogen and oxygen atoms in total. The number of carbonyl (C=O) groups is 1. The van der Waals surface area contributed by atoms with Crippen LogP contribution >= 0.6 is 0 Å². The van der Waals surface area contributed by atoms with E-state index in [1.54, 1.807) is 6.92 Å². The molecule has 0 aromatic heterocycles. The molecule has 0 aliphatic heterocycles. The van der Waals surface area contributed by atoms with Crippen LogP contribution in [0, 0.1) is 0 Å². The highest BCUT2D eigenvalue weighted by Gasteiger charge is 1.98. The molecule has 2 N–H and O–H groups in total. The number of nitrogens with one attached hydrogen (secondary N) is 1. The lowest BCUT2D eigenvalue weighted by atomic mass is 10.4. The van der Waals surface area contributed by atoms with Gasteiger partial charge in [-0.15, -0.1) is 0 Å². The minimum atomic E-state index is -0.524. The van der Waals surface area contributed by atoms with Crippen molar-refractivity contribution in [2.75, 3.05) is 13.7 Å². The quantitative estimate of drug-likeness (QED) is 0.544. The normalized spacial score (nSPS) is 12.3. The predicted octanol–water partition coefficient (Wildman–Crippen LogP) is -0.277. The molecule has 0 fully saturated rings. The number of alkyl carbamates (subject to hydrolysis) is 1. The first kappa shape index (κ1) is 8.23. The summed E-state index contributed by atoms with van der Waals surface area (Å²) in [4.78, 5) is 10.3. The van der Waals surface area contributed by atoms with E-state index in [-0.39, 0.29) is 6.54 Å². The number of methoxy groups -OCH3 is 1. The van der Waals surface area contributed by atoms with Gasteiger partial charge < -0.3 is 15.2 Å². The second kappa shape index (κ2) is 4.14. The van der Waals surface area contributed by atoms with Gasteiger partial charge in [-0.1, -0.05) is 0 Å². The van der Waals surface area contributed by atoms with E-state index < -0.39 is 12.2 Å². The molecule has 0 bridgehead atoms. The van der Waals surface area contributed by atoms with Gasteiger partial charge in [0.05, 0.1) is 13.2 Å². The number of carbonyl (C=O) groups excluding carboxylic acids is 1. The van der Waals surface area contributed by atoms with E-state index in [9.17, 15) is 4.79 Å². The number of amides is 1. The Hall–Kier alpha value is -0.770. The van der Waals surface area contributed by atoms with E-state index in [1.165, 1.54) is 7.11 Å². The molecule has 0 aromatic carbocycles. The van der Waals surface area contributed by atoms with Crippen LogP contribution in [0.5, 0.6) is 0 Å². The van der Waals surface area contributed by atoms with Crippen molar-refractivity contribution < 1.29 is 14.6 Å². The van der Waals surface area contributed by atoms with E-state index in [2.05, 4.69) is 10.1 Å². The summed E-state index contributed by atoms with van der Waals surface area (Å²) >= 11 is 0. The molecular weight excluding hydrogens is 122 g/mol. The summed E-state index contributed by atoms with van der Waals surface area (Å²) in [5.41, 5.74) is 0. The molecule has 0 aliphatic carbocycles. The zero-order valence-corrected chi connectivity index (χ0v) is 5.55. The second-order valence-corrected chi connectivity index (χ2v) is 1.72. The average molecular weight is 133 g/mol. The summed E-state index contributed by atoms with van der Waals surface area (Å²) in [5.74, 6) is 0. The molecule has 1 atom stereocenters. The van der Waals surface area contributed by atoms with Crippen LogP contribution in [0.1, 0.15) is 6.92 Å². The van der Waals surface area contributed by atoms with Crippen molar-refractivity contribution >= 4 is 6.09 Å². The zero-order chi connectivity index (χ0) is 7.28. The zero-order valence-electron chi connectivity index (χ0n) is 5.55. The number of aliphatic hydroxyl groups is 1. The molecule has 0 aromatic rings. The number of hydrogen-bond donors (Lipinski definition) is 2. The first-order chi connectivity index (χ1) is 4.16. The standard InChI is InChI=1S/C5H11NO3/c1-4(7)3-6-5(8)9-2/h4,7H,3H2,1-2H3,(H,6,8)/t4-/m0/s1. The molecule has 0 rings (SSSR count). The van der Waals surface area contributed by atoms with Gasteiger partial charge in [-0.05, 0) is 6.92 Å². The summed E-state index contributed by atoms with van der Waals surface area (Å²) in [6.07, 6.45) is -1.04. The summed E-state index contributed by atoms with van der Waals surface area (Å²) in [6.45, 7) is 1.81. The SMILES string of the molecule is COC(=O)NC[C@H](C)O. The topological polar surface area (TPSA) is 58.6 Å². The van der Waals surface area contributed by atoms with Crippen LogP contribution in [0.4, 0.5) is 4.79 Å². The highest BCUT2D eigenvalue weighted by molar-refractivity contribution is 5.66. The van der Waals surface area contributed by atoms with Gasteiger partial charge >= 0.3 is 6.09 Å². The van der Waals surface area contributed by atoms with Crippen LogP contribution in [0.15, 0.2) is 0 Å². The predicted molar refractivity (Wildman–Crippen MR) is 32.1 cm³/mol. The summed E-state index contributed by atoms with van der Waals surface area (Å²) in [6, 6.07) is 0. The van der Waals surface area contributed by atoms with Crippen molar-refractivity contribution in [3.05, 3.63) is 0 Å². The van der Waals surface area contributed by atoms with E-state index in [0.29, 0.717) is 0 Å². The minimum absolute atomic E-state index is 0.229. The molecule has 54 valence electrons. The largest absolute Gasteiger partial charge is 0.453 e. The molecule has 0 heterocycles. The Kier molecular flexibility index (Phi) is 3.79. The fraction of sp³-hybridized carbons (Fsp3) is 0.800. The molecule has 0 saturated heterocycles. The Bertz CT molecular complexity index is 92.2. The monoisotopic (exact) mass is 133 g/mol. The lowest BCUT2D eigenvalue weighted by molar-refractivity contribution is 0.153. The number of ether oxygens (including phenoxy) is 1. The van der Waals surface area contributed by atoms with Crippen LogP contribution in [0.25, 0.3) is 0 Å². The van der Waals surface area contributed by atoms with Gasteiger partial charge in [0.2, 0.25) is 0 Å². The Labute approximate surface area is 53.8 Å². The molecule has 0 spiro atoms. The third-order valence-electron chi connectivity index (χ3n) is 0.727. The van der Waals surface area contributed by atoms with Crippen molar-refractivity contribution in [1.82, 2.24) is 5.32 Å². The molecule has 4 heteroatoms. The summed E-state index contributed by atoms with van der Waals surface area (Å²) in [5, 5.41) is 10.9. The lowest BCUT2D eigenvalue weighted by Crippen LogP contribution is -2.30. The van der Waals surface area contributed by atoms with Crippen LogP contribution in [0.2, 0.25) is 0 Å². The van der Waals surface area contributed by atoms with Gasteiger partial charge in [-0.25, -0.2) is 4.79 Å². The van der Waals surface area contributed by atoms with Crippen molar-refractivity contribution in [1.29, 1.82) is 0 Å². The van der Waals surface area contributed by atoms with Gasteiger partial charge in [-0.3, -0.25) is 0 Å². The van der Waals surface area contributed by atoms with Crippen LogP contribution in [-0.4, -0.2) is 31.0 Å². The van der Waals surface area contributed by atoms with Gasteiger partial charge in [0.15, 0.2) is 0 Å². The average Bonchev–Trinajstić information content (AvgIpc) is 1.83. The third kappa shape index (κ3) is 5.10. The van der Waals surface area contributed by atoms with E-state index in [0.717, 1.165) is 0 Å². The first-order valence-electron chi connectivity index (χ1n) is 2.66. The molecule has 0 aliphatic rings. The molecular formula is C5H11NO3. The smallest absolute Gasteiger partial charge is 0.406 e. The molecule has 0 radical (unpaired) electrons. The van der Waals surface area contributed by atoms with E-state index >= 15 is 0 Å². The van der Waals surface area contributed by atoms with E-state index in [4.69, 9.17) is 5.11 Å². The Balaban J connectivity index is 3.17. The van der Waals surface area contributed by atoms with Crippen molar-refractivity contribution in [3.63, 3.8) is 0 Å². The first-order valence-corrected chi connectivity index (χ1v) is 2.66. The number of rotatable bonds is 2. The molecule has 1 amide bonds. The maximum atomic E-state index is 10.3. The van der Waals surface area contributed by atoms with Crippen molar-refractivity contribution in [2.24, 2.45) is 0 Å². The van der Waals surface area contributed by atoms with Gasteiger partial charge in [0, 0.05) is 6.54 Å². The molecule has 0 unspecified atom stereocenters. The Morgan fingerprint density at radius 3 is 2.78 bits per heavy atom. The molecule has 0 saturated carbocycles. The van der Waals surface area contributed by atoms with E-state index in [1.807, 2.05) is 0 Å². The van der Waals surface area contributed by atoms with Crippen molar-refractivity contribution in [2.45, 2.75) is 13.0 Å². The van der Waals surface area contributed by atoms with Crippen LogP contribution < -0.4 is 5.32 Å². The minimum Gasteiger partial charge on any atom is -0.453 e. The van der Waals surface area contributed by atoms with Crippen LogP contribution in [-0.2, 0) is 4.74 Å². The highest BCUT2D eigenvalue weighted by Crippen LogP contribution is 1.75. The Morgan fingerprint density at radius 1 is 1.89 bits per heavy atom. The highest BCUT2D eigenvalue weighted by atomic mass is 16.5. The van der Waals surface area contributed by atoms with Gasteiger partial charge in [0.25, 0.3) is 0 Å². The number of hydrogen-bond acceptors (Lipinski definition) is 3. The Morgan fingerprint density at radius 2 is 2.44 bits per heavy atom. The van der Waals surface area contributed by atoms with Crippen LogP contribution in [0.3, 0.4) is 0 Å². The third-order valence-corrected chi connectivity index (χ3v) is 0.727. The molecule has 9 heavy (non-hydrogen) atoms. The lowest BCUT2D eigenvalue weighted by Gasteiger charge is -2.03. The second-order valence-electron chi connectivity index (χ2n) is 1.72. The fourth-order valence-corrected chi connectivity index (χ4v) is 0.303. The maximum Gasteiger partial charge on any atom is 0.406 e. The van der Waals surface area contributed by atoms with Gasteiger partial charge in [-0.2, -0.15) is 0 Å². The summed E-state index contributed by atoms with van der Waals surface area (Å²) < 4.78 is 4.24.